The average Bonchev–Trinajstić information content (AvgIpc) is 2.55. The number of carbonyl (C=O) groups is 1. The number of hydrogen-bond acceptors (Lipinski definition) is 3. The Balaban J connectivity index is 1.95. The van der Waals surface area contributed by atoms with Crippen molar-refractivity contribution in [3.63, 3.8) is 0 Å². The second kappa shape index (κ2) is 8.44. The molecule has 0 unspecified atom stereocenters. The van der Waals surface area contributed by atoms with E-state index in [2.05, 4.69) is 11.9 Å². The van der Waals surface area contributed by atoms with Crippen LogP contribution in [0, 0.1) is 6.92 Å². The third-order valence-corrected chi connectivity index (χ3v) is 4.28. The van der Waals surface area contributed by atoms with Gasteiger partial charge in [0.1, 0.15) is 12.4 Å². The van der Waals surface area contributed by atoms with E-state index in [1.54, 1.807) is 17.8 Å². The number of rotatable bonds is 7. The molecule has 1 N–H and O–H groups in total. The average molecular weight is 327 g/mol. The van der Waals surface area contributed by atoms with Gasteiger partial charge in [0.2, 0.25) is 5.91 Å². The molecule has 0 aliphatic heterocycles. The minimum absolute atomic E-state index is 0.0311. The van der Waals surface area contributed by atoms with Crippen molar-refractivity contribution in [1.29, 1.82) is 0 Å². The van der Waals surface area contributed by atoms with Gasteiger partial charge in [-0.2, -0.15) is 0 Å². The zero-order valence-electron chi connectivity index (χ0n) is 13.4. The van der Waals surface area contributed by atoms with Crippen molar-refractivity contribution < 1.29 is 9.53 Å². The Morgan fingerprint density at radius 3 is 2.74 bits per heavy atom. The topological polar surface area (TPSA) is 38.3 Å². The Labute approximate surface area is 141 Å². The van der Waals surface area contributed by atoms with E-state index in [-0.39, 0.29) is 11.2 Å². The highest BCUT2D eigenvalue weighted by molar-refractivity contribution is 8.00. The molecule has 0 fully saturated rings. The summed E-state index contributed by atoms with van der Waals surface area (Å²) in [6.45, 7) is 8.01. The number of carbonyl (C=O) groups excluding carboxylic acids is 1. The summed E-state index contributed by atoms with van der Waals surface area (Å²) >= 11 is 1.54. The molecule has 0 aliphatic rings. The van der Waals surface area contributed by atoms with Crippen LogP contribution in [0.15, 0.2) is 66.1 Å². The third kappa shape index (κ3) is 5.49. The first-order valence-electron chi connectivity index (χ1n) is 7.46. The van der Waals surface area contributed by atoms with Crippen LogP contribution >= 0.6 is 11.8 Å². The molecule has 0 bridgehead atoms. The lowest BCUT2D eigenvalue weighted by atomic mass is 10.2. The number of nitrogens with one attached hydrogen (secondary N) is 1. The summed E-state index contributed by atoms with van der Waals surface area (Å²) in [6.07, 6.45) is 1.69. The second-order valence-corrected chi connectivity index (χ2v) is 6.60. The lowest BCUT2D eigenvalue weighted by molar-refractivity contribution is -0.115. The van der Waals surface area contributed by atoms with Gasteiger partial charge < -0.3 is 10.1 Å². The van der Waals surface area contributed by atoms with Gasteiger partial charge in [0.05, 0.1) is 5.25 Å². The molecule has 4 heteroatoms. The van der Waals surface area contributed by atoms with Crippen molar-refractivity contribution in [3.8, 4) is 5.75 Å². The van der Waals surface area contributed by atoms with Crippen LogP contribution < -0.4 is 10.1 Å². The summed E-state index contributed by atoms with van der Waals surface area (Å²) in [5.74, 6) is 0.679. The summed E-state index contributed by atoms with van der Waals surface area (Å²) in [7, 11) is 0. The third-order valence-electron chi connectivity index (χ3n) is 3.17. The largest absolute Gasteiger partial charge is 0.489 e. The van der Waals surface area contributed by atoms with Gasteiger partial charge >= 0.3 is 0 Å². The highest BCUT2D eigenvalue weighted by Crippen LogP contribution is 2.25. The van der Waals surface area contributed by atoms with Crippen molar-refractivity contribution in [2.45, 2.75) is 24.0 Å². The highest BCUT2D eigenvalue weighted by atomic mass is 32.2. The van der Waals surface area contributed by atoms with Crippen LogP contribution in [0.3, 0.4) is 0 Å². The smallest absolute Gasteiger partial charge is 0.237 e. The van der Waals surface area contributed by atoms with Gasteiger partial charge in [0.15, 0.2) is 0 Å². The van der Waals surface area contributed by atoms with Gasteiger partial charge in [-0.05, 0) is 38.1 Å². The maximum absolute atomic E-state index is 12.3. The monoisotopic (exact) mass is 327 g/mol. The van der Waals surface area contributed by atoms with E-state index in [1.165, 1.54) is 5.56 Å². The van der Waals surface area contributed by atoms with E-state index in [1.807, 2.05) is 62.4 Å². The molecule has 3 nitrogen and oxygen atoms in total. The van der Waals surface area contributed by atoms with Gasteiger partial charge in [0, 0.05) is 16.6 Å². The van der Waals surface area contributed by atoms with Gasteiger partial charge in [0.25, 0.3) is 0 Å². The number of aryl methyl sites for hydroxylation is 1. The van der Waals surface area contributed by atoms with Crippen molar-refractivity contribution in [2.75, 3.05) is 11.9 Å². The van der Waals surface area contributed by atoms with Crippen LogP contribution in [0.1, 0.15) is 12.5 Å². The fourth-order valence-electron chi connectivity index (χ4n) is 1.94. The molecule has 0 saturated heterocycles. The standard InChI is InChI=1S/C19H21NO2S/c1-4-12-22-17-7-5-6-16(13-17)20-19(21)15(3)23-18-10-8-14(2)9-11-18/h4-11,13,15H,1,12H2,2-3H3,(H,20,21)/t15-/m1/s1. The molecule has 1 atom stereocenters. The zero-order valence-corrected chi connectivity index (χ0v) is 14.2. The van der Waals surface area contributed by atoms with Crippen LogP contribution in [0.4, 0.5) is 5.69 Å². The summed E-state index contributed by atoms with van der Waals surface area (Å²) in [5, 5.41) is 2.74. The number of amides is 1. The fraction of sp³-hybridized carbons (Fsp3) is 0.211. The maximum atomic E-state index is 12.3. The number of benzene rings is 2. The molecule has 2 aromatic carbocycles. The Morgan fingerprint density at radius 2 is 2.04 bits per heavy atom. The predicted molar refractivity (Wildman–Crippen MR) is 97.3 cm³/mol. The van der Waals surface area contributed by atoms with E-state index in [9.17, 15) is 4.79 Å². The predicted octanol–water partition coefficient (Wildman–Crippen LogP) is 4.68. The highest BCUT2D eigenvalue weighted by Gasteiger charge is 2.14. The van der Waals surface area contributed by atoms with Crippen molar-refractivity contribution >= 4 is 23.4 Å². The molecule has 0 spiro atoms. The quantitative estimate of drug-likeness (QED) is 0.593. The van der Waals surface area contributed by atoms with Crippen LogP contribution in [-0.4, -0.2) is 17.8 Å². The van der Waals surface area contributed by atoms with Crippen molar-refractivity contribution in [3.05, 3.63) is 66.7 Å². The maximum Gasteiger partial charge on any atom is 0.237 e. The minimum atomic E-state index is -0.185. The van der Waals surface area contributed by atoms with E-state index in [0.29, 0.717) is 12.4 Å². The Kier molecular flexibility index (Phi) is 6.29. The normalized spacial score (nSPS) is 11.6. The number of hydrogen-bond donors (Lipinski definition) is 1. The van der Waals surface area contributed by atoms with Gasteiger partial charge in [-0.25, -0.2) is 0 Å². The van der Waals surface area contributed by atoms with Crippen molar-refractivity contribution in [1.82, 2.24) is 0 Å². The summed E-state index contributed by atoms with van der Waals surface area (Å²) in [5.41, 5.74) is 1.94. The van der Waals surface area contributed by atoms with Crippen LogP contribution in [0.5, 0.6) is 5.75 Å². The van der Waals surface area contributed by atoms with Gasteiger partial charge in [-0.3, -0.25) is 4.79 Å². The van der Waals surface area contributed by atoms with E-state index < -0.39 is 0 Å². The minimum Gasteiger partial charge on any atom is -0.489 e. The second-order valence-electron chi connectivity index (χ2n) is 5.19. The van der Waals surface area contributed by atoms with E-state index in [4.69, 9.17) is 4.74 Å². The Hall–Kier alpha value is -2.20. The molecule has 2 aromatic rings. The summed E-state index contributed by atoms with van der Waals surface area (Å²) < 4.78 is 5.47. The molecule has 0 heterocycles. The molecule has 0 aromatic heterocycles. The first-order valence-corrected chi connectivity index (χ1v) is 8.34. The summed E-state index contributed by atoms with van der Waals surface area (Å²) in [4.78, 5) is 13.4. The van der Waals surface area contributed by atoms with Gasteiger partial charge in [-0.15, -0.1) is 11.8 Å². The van der Waals surface area contributed by atoms with Crippen molar-refractivity contribution in [2.24, 2.45) is 0 Å². The SMILES string of the molecule is C=CCOc1cccc(NC(=O)[C@@H](C)Sc2ccc(C)cc2)c1. The number of thioether (sulfide) groups is 1. The van der Waals surface area contributed by atoms with Gasteiger partial charge in [-0.1, -0.05) is 36.4 Å². The Bertz CT molecular complexity index is 667. The van der Waals surface area contributed by atoms with Crippen LogP contribution in [-0.2, 0) is 4.79 Å². The van der Waals surface area contributed by atoms with Crippen LogP contribution in [0.2, 0.25) is 0 Å². The zero-order chi connectivity index (χ0) is 16.7. The summed E-state index contributed by atoms with van der Waals surface area (Å²) in [6, 6.07) is 15.5. The van der Waals surface area contributed by atoms with E-state index in [0.717, 1.165) is 10.6 Å². The number of ether oxygens (including phenoxy) is 1. The number of anilines is 1. The lowest BCUT2D eigenvalue weighted by Gasteiger charge is -2.13. The molecule has 120 valence electrons. The Morgan fingerprint density at radius 1 is 1.30 bits per heavy atom. The molecule has 1 amide bonds. The molecular formula is C19H21NO2S. The first-order chi connectivity index (χ1) is 11.1. The first kappa shape index (κ1) is 17.2. The molecule has 0 saturated carbocycles. The molecular weight excluding hydrogens is 306 g/mol. The lowest BCUT2D eigenvalue weighted by Crippen LogP contribution is -2.22. The fourth-order valence-corrected chi connectivity index (χ4v) is 2.80. The molecule has 0 radical (unpaired) electrons. The molecule has 23 heavy (non-hydrogen) atoms. The molecule has 0 aliphatic carbocycles. The van der Waals surface area contributed by atoms with E-state index >= 15 is 0 Å². The van der Waals surface area contributed by atoms with Crippen LogP contribution in [0.25, 0.3) is 0 Å². The molecule has 2 rings (SSSR count).